The summed E-state index contributed by atoms with van der Waals surface area (Å²) in [6.45, 7) is 2.54. The maximum atomic E-state index is 12.9. The van der Waals surface area contributed by atoms with Crippen LogP contribution in [0.4, 0.5) is 8.78 Å². The molecule has 1 N–H and O–H groups in total. The summed E-state index contributed by atoms with van der Waals surface area (Å²) in [5, 5.41) is 12.7. The molecule has 0 bridgehead atoms. The number of hydrogen-bond acceptors (Lipinski definition) is 5. The molecule has 112 valence electrons. The van der Waals surface area contributed by atoms with Gasteiger partial charge in [0, 0.05) is 18.3 Å². The van der Waals surface area contributed by atoms with Gasteiger partial charge in [0.1, 0.15) is 5.69 Å². The van der Waals surface area contributed by atoms with E-state index >= 15 is 0 Å². The normalized spacial score (nSPS) is 11.0. The van der Waals surface area contributed by atoms with Gasteiger partial charge in [-0.15, -0.1) is 0 Å². The average molecular weight is 314 g/mol. The Balaban J connectivity index is 2.37. The molecular weight excluding hydrogens is 302 g/mol. The van der Waals surface area contributed by atoms with Crippen molar-refractivity contribution < 1.29 is 18.7 Å². The Bertz CT molecular complexity index is 648. The summed E-state index contributed by atoms with van der Waals surface area (Å²) >= 11 is 0.799. The van der Waals surface area contributed by atoms with Crippen LogP contribution in [0.5, 0.6) is 0 Å². The van der Waals surface area contributed by atoms with Gasteiger partial charge in [-0.2, -0.15) is 5.10 Å². The molecule has 0 saturated heterocycles. The fourth-order valence-electron chi connectivity index (χ4n) is 1.56. The van der Waals surface area contributed by atoms with E-state index in [2.05, 4.69) is 15.1 Å². The van der Waals surface area contributed by atoms with Crippen molar-refractivity contribution in [2.45, 2.75) is 25.1 Å². The van der Waals surface area contributed by atoms with Crippen molar-refractivity contribution in [2.75, 3.05) is 5.75 Å². The Kier molecular flexibility index (Phi) is 4.84. The molecule has 0 saturated carbocycles. The third-order valence-electron chi connectivity index (χ3n) is 2.53. The van der Waals surface area contributed by atoms with Gasteiger partial charge in [-0.3, -0.25) is 9.48 Å². The fraction of sp³-hybridized carbons (Fsp3) is 0.333. The number of halogens is 2. The van der Waals surface area contributed by atoms with E-state index < -0.39 is 18.1 Å². The number of carboxylic acid groups (broad SMARTS) is 1. The minimum absolute atomic E-state index is 0.00875. The predicted molar refractivity (Wildman–Crippen MR) is 72.2 cm³/mol. The number of rotatable bonds is 6. The number of thioether (sulfide) groups is 1. The molecule has 0 unspecified atom stereocenters. The van der Waals surface area contributed by atoms with E-state index in [1.54, 1.807) is 10.9 Å². The quantitative estimate of drug-likeness (QED) is 0.651. The van der Waals surface area contributed by atoms with E-state index in [4.69, 9.17) is 5.11 Å². The zero-order chi connectivity index (χ0) is 15.4. The number of carboxylic acids is 1. The Morgan fingerprint density at radius 2 is 2.24 bits per heavy atom. The zero-order valence-corrected chi connectivity index (χ0v) is 11.8. The molecule has 0 aliphatic rings. The first-order chi connectivity index (χ1) is 9.99. The van der Waals surface area contributed by atoms with E-state index in [0.717, 1.165) is 11.8 Å². The van der Waals surface area contributed by atoms with Crippen LogP contribution in [0.1, 0.15) is 19.0 Å². The van der Waals surface area contributed by atoms with Crippen LogP contribution in [-0.2, 0) is 11.3 Å². The molecule has 0 aliphatic heterocycles. The average Bonchev–Trinajstić information content (AvgIpc) is 2.93. The van der Waals surface area contributed by atoms with Gasteiger partial charge >= 0.3 is 5.97 Å². The van der Waals surface area contributed by atoms with Crippen LogP contribution < -0.4 is 0 Å². The van der Waals surface area contributed by atoms with Crippen LogP contribution in [0.15, 0.2) is 23.6 Å². The summed E-state index contributed by atoms with van der Waals surface area (Å²) in [6.07, 6.45) is 0.452. The molecular formula is C12H12F2N4O2S. The summed E-state index contributed by atoms with van der Waals surface area (Å²) < 4.78 is 27.4. The monoisotopic (exact) mass is 314 g/mol. The van der Waals surface area contributed by atoms with Crippen molar-refractivity contribution >= 4 is 17.7 Å². The molecule has 0 aromatic carbocycles. The number of aliphatic carboxylic acids is 1. The highest BCUT2D eigenvalue weighted by Gasteiger charge is 2.15. The molecule has 2 aromatic heterocycles. The van der Waals surface area contributed by atoms with Crippen molar-refractivity contribution in [3.8, 4) is 11.3 Å². The molecule has 0 atom stereocenters. The van der Waals surface area contributed by atoms with Crippen molar-refractivity contribution in [1.82, 2.24) is 19.7 Å². The van der Waals surface area contributed by atoms with E-state index in [-0.39, 0.29) is 10.9 Å². The maximum Gasteiger partial charge on any atom is 0.313 e. The topological polar surface area (TPSA) is 80.9 Å². The minimum Gasteiger partial charge on any atom is -0.481 e. The lowest BCUT2D eigenvalue weighted by Gasteiger charge is -2.05. The lowest BCUT2D eigenvalue weighted by atomic mass is 10.2. The first-order valence-corrected chi connectivity index (χ1v) is 7.02. The Morgan fingerprint density at radius 1 is 1.48 bits per heavy atom. The summed E-state index contributed by atoms with van der Waals surface area (Å²) in [5.41, 5.74) is 0.448. The van der Waals surface area contributed by atoms with Crippen LogP contribution >= 0.6 is 11.8 Å². The van der Waals surface area contributed by atoms with Crippen LogP contribution in [0.25, 0.3) is 11.3 Å². The first kappa shape index (κ1) is 15.4. The molecule has 9 heteroatoms. The second-order valence-electron chi connectivity index (χ2n) is 4.03. The number of alkyl halides is 2. The van der Waals surface area contributed by atoms with Gasteiger partial charge in [0.05, 0.1) is 17.6 Å². The van der Waals surface area contributed by atoms with Gasteiger partial charge in [-0.05, 0) is 13.0 Å². The van der Waals surface area contributed by atoms with Crippen molar-refractivity contribution in [2.24, 2.45) is 0 Å². The SMILES string of the molecule is CCn1cc(-c2cc(C(F)F)nc(SCC(=O)O)n2)cn1. The number of nitrogens with zero attached hydrogens (tertiary/aromatic N) is 4. The molecule has 2 aromatic rings. The zero-order valence-electron chi connectivity index (χ0n) is 11.0. The Morgan fingerprint density at radius 3 is 2.81 bits per heavy atom. The third kappa shape index (κ3) is 3.97. The summed E-state index contributed by atoms with van der Waals surface area (Å²) in [4.78, 5) is 18.3. The van der Waals surface area contributed by atoms with Gasteiger partial charge in [-0.25, -0.2) is 18.7 Å². The van der Waals surface area contributed by atoms with Crippen LogP contribution in [0.2, 0.25) is 0 Å². The van der Waals surface area contributed by atoms with E-state index in [1.165, 1.54) is 12.3 Å². The number of aryl methyl sites for hydroxylation is 1. The highest BCUT2D eigenvalue weighted by atomic mass is 32.2. The van der Waals surface area contributed by atoms with E-state index in [9.17, 15) is 13.6 Å². The van der Waals surface area contributed by atoms with Gasteiger partial charge in [0.25, 0.3) is 6.43 Å². The smallest absolute Gasteiger partial charge is 0.313 e. The van der Waals surface area contributed by atoms with Gasteiger partial charge < -0.3 is 5.11 Å². The molecule has 2 heterocycles. The van der Waals surface area contributed by atoms with Crippen LogP contribution in [0.3, 0.4) is 0 Å². The molecule has 0 aliphatic carbocycles. The fourth-order valence-corrected chi connectivity index (χ4v) is 2.15. The largest absolute Gasteiger partial charge is 0.481 e. The molecule has 6 nitrogen and oxygen atoms in total. The summed E-state index contributed by atoms with van der Waals surface area (Å²) in [6, 6.07) is 1.19. The number of hydrogen-bond donors (Lipinski definition) is 1. The molecule has 0 amide bonds. The lowest BCUT2D eigenvalue weighted by molar-refractivity contribution is -0.133. The van der Waals surface area contributed by atoms with Crippen molar-refractivity contribution in [1.29, 1.82) is 0 Å². The lowest BCUT2D eigenvalue weighted by Crippen LogP contribution is -2.02. The first-order valence-electron chi connectivity index (χ1n) is 6.04. The van der Waals surface area contributed by atoms with Gasteiger partial charge in [0.2, 0.25) is 0 Å². The minimum atomic E-state index is -2.75. The van der Waals surface area contributed by atoms with E-state index in [1.807, 2.05) is 6.92 Å². The second-order valence-corrected chi connectivity index (χ2v) is 4.97. The van der Waals surface area contributed by atoms with Gasteiger partial charge in [0.15, 0.2) is 5.16 Å². The van der Waals surface area contributed by atoms with E-state index in [0.29, 0.717) is 17.8 Å². The highest BCUT2D eigenvalue weighted by molar-refractivity contribution is 7.99. The second kappa shape index (κ2) is 6.61. The molecule has 2 rings (SSSR count). The Labute approximate surface area is 123 Å². The van der Waals surface area contributed by atoms with Gasteiger partial charge in [-0.1, -0.05) is 11.8 Å². The predicted octanol–water partition coefficient (Wildman–Crippen LogP) is 2.47. The van der Waals surface area contributed by atoms with Crippen molar-refractivity contribution in [3.63, 3.8) is 0 Å². The molecule has 0 spiro atoms. The third-order valence-corrected chi connectivity index (χ3v) is 3.36. The number of aromatic nitrogens is 4. The molecule has 0 fully saturated rings. The summed E-state index contributed by atoms with van der Waals surface area (Å²) in [7, 11) is 0. The van der Waals surface area contributed by atoms with Crippen LogP contribution in [-0.4, -0.2) is 36.6 Å². The summed E-state index contributed by atoms with van der Waals surface area (Å²) in [5.74, 6) is -1.35. The van der Waals surface area contributed by atoms with Crippen molar-refractivity contribution in [3.05, 3.63) is 24.2 Å². The Hall–Kier alpha value is -2.03. The molecule has 21 heavy (non-hydrogen) atoms. The standard InChI is InChI=1S/C12H12F2N4O2S/c1-2-18-5-7(4-15-18)8-3-9(11(13)14)17-12(16-8)21-6-10(19)20/h3-5,11H,2,6H2,1H3,(H,19,20). The maximum absolute atomic E-state index is 12.9. The highest BCUT2D eigenvalue weighted by Crippen LogP contribution is 2.26. The number of carbonyl (C=O) groups is 1. The molecule has 0 radical (unpaired) electrons. The van der Waals surface area contributed by atoms with Crippen LogP contribution in [0, 0.1) is 0 Å².